The zero-order valence-corrected chi connectivity index (χ0v) is 13.6. The minimum absolute atomic E-state index is 0.130. The molecular weight excluding hydrogens is 268 g/mol. The van der Waals surface area contributed by atoms with E-state index in [9.17, 15) is 0 Å². The molecule has 1 aromatic rings. The Bertz CT molecular complexity index is 455. The summed E-state index contributed by atoms with van der Waals surface area (Å²) in [5.74, 6) is 1.34. The fraction of sp³-hybridized carbons (Fsp3) is 0.733. The average molecular weight is 294 g/mol. The zero-order chi connectivity index (χ0) is 14.6. The molecule has 112 valence electrons. The number of aromatic nitrogens is 1. The lowest BCUT2D eigenvalue weighted by Crippen LogP contribution is -2.34. The second-order valence-electron chi connectivity index (χ2n) is 6.58. The van der Waals surface area contributed by atoms with Crippen molar-refractivity contribution in [2.45, 2.75) is 51.9 Å². The van der Waals surface area contributed by atoms with Crippen LogP contribution in [-0.4, -0.2) is 24.0 Å². The number of guanidine groups is 1. The van der Waals surface area contributed by atoms with E-state index >= 15 is 0 Å². The van der Waals surface area contributed by atoms with Crippen LogP contribution in [0.2, 0.25) is 0 Å². The van der Waals surface area contributed by atoms with Crippen molar-refractivity contribution in [3.8, 4) is 0 Å². The van der Waals surface area contributed by atoms with Crippen molar-refractivity contribution < 1.29 is 0 Å². The van der Waals surface area contributed by atoms with Crippen molar-refractivity contribution in [2.24, 2.45) is 16.6 Å². The summed E-state index contributed by atoms with van der Waals surface area (Å²) in [6.07, 6.45) is 4.88. The highest BCUT2D eigenvalue weighted by Gasteiger charge is 2.17. The Morgan fingerprint density at radius 3 is 2.80 bits per heavy atom. The van der Waals surface area contributed by atoms with E-state index in [2.05, 4.69) is 41.4 Å². The van der Waals surface area contributed by atoms with E-state index < -0.39 is 0 Å². The quantitative estimate of drug-likeness (QED) is 0.648. The van der Waals surface area contributed by atoms with E-state index in [0.29, 0.717) is 5.96 Å². The second-order valence-corrected chi connectivity index (χ2v) is 7.52. The van der Waals surface area contributed by atoms with Crippen LogP contribution in [0.3, 0.4) is 0 Å². The summed E-state index contributed by atoms with van der Waals surface area (Å²) in [5, 5.41) is 6.49. The van der Waals surface area contributed by atoms with E-state index in [4.69, 9.17) is 5.73 Å². The molecule has 0 aliphatic heterocycles. The van der Waals surface area contributed by atoms with Gasteiger partial charge in [0.25, 0.3) is 0 Å². The van der Waals surface area contributed by atoms with Crippen LogP contribution in [0.4, 0.5) is 0 Å². The highest BCUT2D eigenvalue weighted by molar-refractivity contribution is 7.09. The first-order valence-electron chi connectivity index (χ1n) is 7.44. The zero-order valence-electron chi connectivity index (χ0n) is 12.8. The monoisotopic (exact) mass is 294 g/mol. The second kappa shape index (κ2) is 6.57. The number of thiazole rings is 1. The Hall–Kier alpha value is -1.10. The maximum atomic E-state index is 5.86. The summed E-state index contributed by atoms with van der Waals surface area (Å²) in [4.78, 5) is 9.06. The van der Waals surface area contributed by atoms with Gasteiger partial charge >= 0.3 is 0 Å². The molecule has 4 nitrogen and oxygen atoms in total. The highest BCUT2D eigenvalue weighted by atomic mass is 32.1. The standard InChI is InChI=1S/C15H26N4S/c1-15(2,3)12-10-20-13(19-12)7-8-17-14(16)18-9-11-5-4-6-11/h10-11H,4-9H2,1-3H3,(H3,16,17,18). The highest BCUT2D eigenvalue weighted by Crippen LogP contribution is 2.26. The minimum Gasteiger partial charge on any atom is -0.370 e. The predicted octanol–water partition coefficient (Wildman–Crippen LogP) is 2.69. The molecule has 1 aliphatic carbocycles. The number of nitrogens with one attached hydrogen (secondary N) is 1. The van der Waals surface area contributed by atoms with Gasteiger partial charge in [0, 0.05) is 30.3 Å². The van der Waals surface area contributed by atoms with Crippen molar-refractivity contribution in [2.75, 3.05) is 13.1 Å². The molecule has 0 saturated heterocycles. The Morgan fingerprint density at radius 1 is 1.50 bits per heavy atom. The number of nitrogens with zero attached hydrogens (tertiary/aromatic N) is 2. The molecule has 3 N–H and O–H groups in total. The topological polar surface area (TPSA) is 63.3 Å². The molecule has 1 aromatic heterocycles. The molecule has 5 heteroatoms. The lowest BCUT2D eigenvalue weighted by atomic mass is 9.86. The number of aliphatic imine (C=N–C) groups is 1. The summed E-state index contributed by atoms with van der Waals surface area (Å²) >= 11 is 1.73. The van der Waals surface area contributed by atoms with Crippen LogP contribution in [0.25, 0.3) is 0 Å². The van der Waals surface area contributed by atoms with Crippen LogP contribution < -0.4 is 11.1 Å². The molecule has 1 aliphatic rings. The van der Waals surface area contributed by atoms with Gasteiger partial charge in [-0.1, -0.05) is 27.2 Å². The van der Waals surface area contributed by atoms with Crippen LogP contribution in [0.5, 0.6) is 0 Å². The molecule has 0 unspecified atom stereocenters. The molecular formula is C15H26N4S. The lowest BCUT2D eigenvalue weighted by molar-refractivity contribution is 0.326. The van der Waals surface area contributed by atoms with Crippen LogP contribution in [0.1, 0.15) is 50.7 Å². The molecule has 1 fully saturated rings. The van der Waals surface area contributed by atoms with Crippen molar-refractivity contribution in [1.82, 2.24) is 10.3 Å². The lowest BCUT2D eigenvalue weighted by Gasteiger charge is -2.23. The summed E-state index contributed by atoms with van der Waals surface area (Å²) < 4.78 is 0. The van der Waals surface area contributed by atoms with E-state index in [0.717, 1.165) is 30.4 Å². The van der Waals surface area contributed by atoms with Gasteiger partial charge in [0.15, 0.2) is 5.96 Å². The summed E-state index contributed by atoms with van der Waals surface area (Å²) in [7, 11) is 0. The maximum absolute atomic E-state index is 5.86. The first-order chi connectivity index (χ1) is 9.45. The van der Waals surface area contributed by atoms with Gasteiger partial charge in [0.2, 0.25) is 0 Å². The number of hydrogen-bond donors (Lipinski definition) is 2. The van der Waals surface area contributed by atoms with E-state index in [-0.39, 0.29) is 5.41 Å². The van der Waals surface area contributed by atoms with Gasteiger partial charge in [-0.15, -0.1) is 11.3 Å². The van der Waals surface area contributed by atoms with E-state index in [1.165, 1.54) is 25.0 Å². The molecule has 20 heavy (non-hydrogen) atoms. The Kier molecular flexibility index (Phi) is 5.02. The van der Waals surface area contributed by atoms with Crippen LogP contribution >= 0.6 is 11.3 Å². The Morgan fingerprint density at radius 2 is 2.25 bits per heavy atom. The van der Waals surface area contributed by atoms with Gasteiger partial charge in [-0.2, -0.15) is 0 Å². The fourth-order valence-corrected chi connectivity index (χ4v) is 3.05. The van der Waals surface area contributed by atoms with Crippen molar-refractivity contribution in [1.29, 1.82) is 0 Å². The van der Waals surface area contributed by atoms with Crippen LogP contribution in [-0.2, 0) is 11.8 Å². The molecule has 0 aromatic carbocycles. The van der Waals surface area contributed by atoms with Crippen LogP contribution in [0.15, 0.2) is 10.4 Å². The van der Waals surface area contributed by atoms with Gasteiger partial charge in [-0.25, -0.2) is 4.98 Å². The summed E-state index contributed by atoms with van der Waals surface area (Å²) in [5.41, 5.74) is 7.16. The van der Waals surface area contributed by atoms with Crippen LogP contribution in [0, 0.1) is 5.92 Å². The normalized spacial score (nSPS) is 17.1. The Labute approximate surface area is 125 Å². The first kappa shape index (κ1) is 15.3. The van der Waals surface area contributed by atoms with Crippen molar-refractivity contribution in [3.63, 3.8) is 0 Å². The van der Waals surface area contributed by atoms with E-state index in [1.54, 1.807) is 11.3 Å². The predicted molar refractivity (Wildman–Crippen MR) is 86.4 cm³/mol. The number of rotatable bonds is 5. The summed E-state index contributed by atoms with van der Waals surface area (Å²) in [6.45, 7) is 8.25. The largest absolute Gasteiger partial charge is 0.370 e. The van der Waals surface area contributed by atoms with Gasteiger partial charge in [-0.3, -0.25) is 4.99 Å². The molecule has 0 radical (unpaired) electrons. The third-order valence-electron chi connectivity index (χ3n) is 3.71. The molecule has 1 saturated carbocycles. The first-order valence-corrected chi connectivity index (χ1v) is 8.32. The van der Waals surface area contributed by atoms with Gasteiger partial charge in [0.05, 0.1) is 10.7 Å². The fourth-order valence-electron chi connectivity index (χ4n) is 2.03. The molecule has 0 spiro atoms. The third kappa shape index (κ3) is 4.47. The smallest absolute Gasteiger partial charge is 0.188 e. The van der Waals surface area contributed by atoms with Gasteiger partial charge < -0.3 is 11.1 Å². The molecule has 0 bridgehead atoms. The number of hydrogen-bond acceptors (Lipinski definition) is 3. The van der Waals surface area contributed by atoms with Gasteiger partial charge in [0.1, 0.15) is 0 Å². The van der Waals surface area contributed by atoms with Gasteiger partial charge in [-0.05, 0) is 18.8 Å². The number of nitrogens with two attached hydrogens (primary N) is 1. The molecule has 0 atom stereocenters. The average Bonchev–Trinajstić information content (AvgIpc) is 2.75. The third-order valence-corrected chi connectivity index (χ3v) is 4.62. The SMILES string of the molecule is CC(C)(C)c1csc(CCNC(N)=NCC2CCC2)n1. The maximum Gasteiger partial charge on any atom is 0.188 e. The minimum atomic E-state index is 0.130. The van der Waals surface area contributed by atoms with Crippen molar-refractivity contribution >= 4 is 17.3 Å². The Balaban J connectivity index is 1.70. The van der Waals surface area contributed by atoms with E-state index in [1.807, 2.05) is 0 Å². The molecule has 1 heterocycles. The molecule has 0 amide bonds. The summed E-state index contributed by atoms with van der Waals surface area (Å²) in [6, 6.07) is 0. The molecule has 2 rings (SSSR count). The van der Waals surface area contributed by atoms with Crippen molar-refractivity contribution in [3.05, 3.63) is 16.1 Å².